The van der Waals surface area contributed by atoms with Gasteiger partial charge in [-0.15, -0.1) is 0 Å². The zero-order valence-electron chi connectivity index (χ0n) is 18.0. The van der Waals surface area contributed by atoms with Gasteiger partial charge in [-0.2, -0.15) is 10.2 Å². The summed E-state index contributed by atoms with van der Waals surface area (Å²) >= 11 is 0. The first-order chi connectivity index (χ1) is 13.2. The molecule has 4 atom stereocenters. The number of ether oxygens (including phenoxy) is 2. The van der Waals surface area contributed by atoms with Gasteiger partial charge in [0.05, 0.1) is 30.9 Å². The third-order valence-electron chi connectivity index (χ3n) is 5.91. The van der Waals surface area contributed by atoms with Crippen LogP contribution in [-0.2, 0) is 14.3 Å². The molecule has 2 saturated carbocycles. The molecule has 0 aromatic heterocycles. The summed E-state index contributed by atoms with van der Waals surface area (Å²) in [5.41, 5.74) is 0.337. The smallest absolute Gasteiger partial charge is 0.333 e. The van der Waals surface area contributed by atoms with E-state index in [2.05, 4.69) is 37.6 Å². The van der Waals surface area contributed by atoms with Crippen LogP contribution in [0.1, 0.15) is 72.6 Å². The minimum Gasteiger partial charge on any atom is -0.460 e. The van der Waals surface area contributed by atoms with Crippen LogP contribution in [-0.4, -0.2) is 48.6 Å². The molecule has 6 heteroatoms. The molecule has 0 heterocycles. The second-order valence-corrected chi connectivity index (χ2v) is 9.43. The van der Waals surface area contributed by atoms with Crippen molar-refractivity contribution < 1.29 is 19.4 Å². The molecule has 4 unspecified atom stereocenters. The summed E-state index contributed by atoms with van der Waals surface area (Å²) in [5.74, 6) is -0.311. The molecule has 2 aliphatic rings. The lowest BCUT2D eigenvalue weighted by molar-refractivity contribution is -0.142. The summed E-state index contributed by atoms with van der Waals surface area (Å²) in [7, 11) is 0. The number of azo groups is 1. The number of carbonyl (C=O) groups is 1. The number of carbonyl (C=O) groups excluding carboxylic acids is 1. The van der Waals surface area contributed by atoms with Crippen LogP contribution in [0.15, 0.2) is 22.4 Å². The normalized spacial score (nSPS) is 29.8. The van der Waals surface area contributed by atoms with Gasteiger partial charge in [-0.25, -0.2) is 4.79 Å². The van der Waals surface area contributed by atoms with E-state index in [1.54, 1.807) is 6.92 Å². The second-order valence-electron chi connectivity index (χ2n) is 9.43. The average Bonchev–Trinajstić information content (AvgIpc) is 2.64. The lowest BCUT2D eigenvalue weighted by atomic mass is 9.68. The van der Waals surface area contributed by atoms with Crippen molar-refractivity contribution in [2.75, 3.05) is 13.2 Å². The van der Waals surface area contributed by atoms with Gasteiger partial charge in [0, 0.05) is 12.0 Å². The Bertz CT molecular complexity index is 549. The third-order valence-corrected chi connectivity index (χ3v) is 5.91. The van der Waals surface area contributed by atoms with E-state index < -0.39 is 12.1 Å². The molecule has 0 aromatic carbocycles. The molecule has 0 radical (unpaired) electrons. The van der Waals surface area contributed by atoms with Gasteiger partial charge in [0.2, 0.25) is 0 Å². The van der Waals surface area contributed by atoms with Crippen LogP contribution in [0.2, 0.25) is 0 Å². The number of aliphatic hydroxyl groups excluding tert-OH is 1. The first-order valence-corrected chi connectivity index (χ1v) is 10.7. The predicted octanol–water partition coefficient (Wildman–Crippen LogP) is 4.46. The summed E-state index contributed by atoms with van der Waals surface area (Å²) in [6.07, 6.45) is 6.82. The first-order valence-electron chi connectivity index (χ1n) is 10.7. The Morgan fingerprint density at radius 2 is 1.79 bits per heavy atom. The Hall–Kier alpha value is -1.27. The monoisotopic (exact) mass is 394 g/mol. The lowest BCUT2D eigenvalue weighted by Crippen LogP contribution is -2.48. The van der Waals surface area contributed by atoms with Crippen LogP contribution in [0.5, 0.6) is 0 Å². The van der Waals surface area contributed by atoms with Gasteiger partial charge < -0.3 is 14.6 Å². The minimum atomic E-state index is -0.506. The molecule has 28 heavy (non-hydrogen) atoms. The molecule has 2 aliphatic carbocycles. The molecule has 0 aliphatic heterocycles. The molecule has 160 valence electrons. The Labute approximate surface area is 169 Å². The van der Waals surface area contributed by atoms with Crippen LogP contribution in [0.4, 0.5) is 0 Å². The van der Waals surface area contributed by atoms with E-state index in [1.165, 1.54) is 19.3 Å². The highest BCUT2D eigenvalue weighted by Gasteiger charge is 2.43. The SMILES string of the molecule is C=C(C)C(=O)OCCOC1CC(N=NC2CCCCC2)C(O)C(C(C)(C)C)C1. The van der Waals surface area contributed by atoms with E-state index in [0.29, 0.717) is 24.6 Å². The minimum absolute atomic E-state index is 0.0218. The van der Waals surface area contributed by atoms with Gasteiger partial charge in [-0.05, 0) is 37.5 Å². The molecule has 2 rings (SSSR count). The van der Waals surface area contributed by atoms with Crippen LogP contribution in [0, 0.1) is 11.3 Å². The topological polar surface area (TPSA) is 80.5 Å². The molecule has 0 amide bonds. The van der Waals surface area contributed by atoms with Crippen LogP contribution >= 0.6 is 0 Å². The number of esters is 1. The lowest BCUT2D eigenvalue weighted by Gasteiger charge is -2.43. The van der Waals surface area contributed by atoms with Gasteiger partial charge in [-0.3, -0.25) is 0 Å². The fourth-order valence-corrected chi connectivity index (χ4v) is 4.16. The van der Waals surface area contributed by atoms with Crippen molar-refractivity contribution >= 4 is 5.97 Å². The van der Waals surface area contributed by atoms with Crippen LogP contribution in [0.3, 0.4) is 0 Å². The van der Waals surface area contributed by atoms with E-state index in [0.717, 1.165) is 19.3 Å². The van der Waals surface area contributed by atoms with E-state index in [9.17, 15) is 9.90 Å². The van der Waals surface area contributed by atoms with Gasteiger partial charge in [0.1, 0.15) is 6.61 Å². The van der Waals surface area contributed by atoms with Crippen molar-refractivity contribution in [3.8, 4) is 0 Å². The molecule has 0 aromatic rings. The van der Waals surface area contributed by atoms with E-state index in [-0.39, 0.29) is 30.1 Å². The van der Waals surface area contributed by atoms with E-state index in [4.69, 9.17) is 9.47 Å². The molecule has 2 fully saturated rings. The largest absolute Gasteiger partial charge is 0.460 e. The number of aliphatic hydroxyl groups is 1. The summed E-state index contributed by atoms with van der Waals surface area (Å²) in [5, 5.41) is 20.1. The van der Waals surface area contributed by atoms with Gasteiger partial charge >= 0.3 is 5.97 Å². The average molecular weight is 395 g/mol. The van der Waals surface area contributed by atoms with Crippen molar-refractivity contribution in [3.63, 3.8) is 0 Å². The number of hydrogen-bond acceptors (Lipinski definition) is 6. The van der Waals surface area contributed by atoms with Crippen molar-refractivity contribution in [1.29, 1.82) is 0 Å². The van der Waals surface area contributed by atoms with Crippen molar-refractivity contribution in [3.05, 3.63) is 12.2 Å². The number of hydrogen-bond donors (Lipinski definition) is 1. The Balaban J connectivity index is 1.94. The summed E-state index contributed by atoms with van der Waals surface area (Å²) in [6, 6.07) is 0.0692. The van der Waals surface area contributed by atoms with Gasteiger partial charge in [0.15, 0.2) is 0 Å². The third kappa shape index (κ3) is 6.96. The quantitative estimate of drug-likeness (QED) is 0.299. The molecule has 1 N–H and O–H groups in total. The van der Waals surface area contributed by atoms with E-state index in [1.807, 2.05) is 0 Å². The highest BCUT2D eigenvalue weighted by Crippen LogP contribution is 2.40. The summed E-state index contributed by atoms with van der Waals surface area (Å²) in [6.45, 7) is 12.2. The van der Waals surface area contributed by atoms with Crippen molar-refractivity contribution in [1.82, 2.24) is 0 Å². The standard InChI is InChI=1S/C22H38N2O4/c1-15(2)21(26)28-12-11-27-17-13-18(22(3,4)5)20(25)19(14-17)24-23-16-9-7-6-8-10-16/h16-20,25H,1,6-14H2,2-5H3. The number of nitrogens with zero attached hydrogens (tertiary/aromatic N) is 2. The zero-order chi connectivity index (χ0) is 20.7. The Morgan fingerprint density at radius 3 is 2.39 bits per heavy atom. The Kier molecular flexibility index (Phi) is 8.62. The number of rotatable bonds is 7. The van der Waals surface area contributed by atoms with Gasteiger partial charge in [-0.1, -0.05) is 46.6 Å². The van der Waals surface area contributed by atoms with Crippen LogP contribution < -0.4 is 0 Å². The highest BCUT2D eigenvalue weighted by atomic mass is 16.6. The fourth-order valence-electron chi connectivity index (χ4n) is 4.16. The predicted molar refractivity (Wildman–Crippen MR) is 109 cm³/mol. The fraction of sp³-hybridized carbons (Fsp3) is 0.864. The maximum absolute atomic E-state index is 11.5. The first kappa shape index (κ1) is 23.0. The Morgan fingerprint density at radius 1 is 1.11 bits per heavy atom. The van der Waals surface area contributed by atoms with Crippen LogP contribution in [0.25, 0.3) is 0 Å². The second kappa shape index (κ2) is 10.5. The molecular weight excluding hydrogens is 356 g/mol. The summed E-state index contributed by atoms with van der Waals surface area (Å²) < 4.78 is 11.1. The summed E-state index contributed by atoms with van der Waals surface area (Å²) in [4.78, 5) is 11.5. The van der Waals surface area contributed by atoms with Crippen molar-refractivity contribution in [2.24, 2.45) is 21.6 Å². The van der Waals surface area contributed by atoms with E-state index >= 15 is 0 Å². The maximum atomic E-state index is 11.5. The maximum Gasteiger partial charge on any atom is 0.333 e. The zero-order valence-corrected chi connectivity index (χ0v) is 18.0. The van der Waals surface area contributed by atoms with Gasteiger partial charge in [0.25, 0.3) is 0 Å². The van der Waals surface area contributed by atoms with Crippen molar-refractivity contribution in [2.45, 2.75) is 96.9 Å². The molecule has 0 bridgehead atoms. The highest BCUT2D eigenvalue weighted by molar-refractivity contribution is 5.86. The molecule has 6 nitrogen and oxygen atoms in total. The molecule has 0 saturated heterocycles. The molecule has 0 spiro atoms. The molecular formula is C22H38N2O4.